The minimum atomic E-state index is -0.707. The van der Waals surface area contributed by atoms with Crippen LogP contribution in [0.2, 0.25) is 0 Å². The van der Waals surface area contributed by atoms with E-state index in [9.17, 15) is 14.4 Å². The highest BCUT2D eigenvalue weighted by Gasteiger charge is 2.53. The molecule has 0 unspecified atom stereocenters. The van der Waals surface area contributed by atoms with Gasteiger partial charge in [-0.05, 0) is 53.8 Å². The number of imide groups is 1. The molecule has 2 aliphatic heterocycles. The third kappa shape index (κ3) is 5.05. The molecule has 0 aliphatic carbocycles. The highest BCUT2D eigenvalue weighted by Crippen LogP contribution is 2.45. The van der Waals surface area contributed by atoms with Gasteiger partial charge in [0.05, 0.1) is 18.4 Å². The molecule has 0 saturated carbocycles. The number of aromatic amines is 1. The molecule has 3 atom stereocenters. The second kappa shape index (κ2) is 12.0. The van der Waals surface area contributed by atoms with Crippen LogP contribution in [0.1, 0.15) is 72.8 Å². The summed E-state index contributed by atoms with van der Waals surface area (Å²) in [6, 6.07) is 20.9. The summed E-state index contributed by atoms with van der Waals surface area (Å²) in [4.78, 5) is 48.5. The van der Waals surface area contributed by atoms with E-state index in [1.54, 1.807) is 36.3 Å². The van der Waals surface area contributed by atoms with Gasteiger partial charge in [0.25, 0.3) is 11.8 Å². The maximum atomic E-state index is 14.3. The molecule has 0 bridgehead atoms. The fourth-order valence-electron chi connectivity index (χ4n) is 6.57. The van der Waals surface area contributed by atoms with Crippen LogP contribution >= 0.6 is 0 Å². The summed E-state index contributed by atoms with van der Waals surface area (Å²) in [5, 5.41) is 4.12. The predicted molar refractivity (Wildman–Crippen MR) is 167 cm³/mol. The average Bonchev–Trinajstić information content (AvgIpc) is 3.53. The van der Waals surface area contributed by atoms with Gasteiger partial charge in [0.2, 0.25) is 0 Å². The summed E-state index contributed by atoms with van der Waals surface area (Å²) >= 11 is 0. The number of hydrogen-bond donors (Lipinski definition) is 2. The number of methoxy groups -OCH3 is 1. The molecule has 222 valence electrons. The van der Waals surface area contributed by atoms with Crippen molar-refractivity contribution in [2.45, 2.75) is 58.0 Å². The number of unbranched alkanes of at least 4 members (excludes halogenated alkanes) is 1. The number of carbonyl (C=O) groups excluding carboxylic acids is 3. The molecule has 2 aliphatic rings. The number of amides is 4. The first-order valence-electron chi connectivity index (χ1n) is 15.2. The number of nitrogens with one attached hydrogen (secondary N) is 2. The Morgan fingerprint density at radius 3 is 2.51 bits per heavy atom. The van der Waals surface area contributed by atoms with Crippen LogP contribution in [-0.4, -0.2) is 47.4 Å². The van der Waals surface area contributed by atoms with Crippen molar-refractivity contribution in [2.24, 2.45) is 5.92 Å². The Morgan fingerprint density at radius 2 is 1.77 bits per heavy atom. The number of benzene rings is 3. The van der Waals surface area contributed by atoms with Gasteiger partial charge in [-0.15, -0.1) is 0 Å². The van der Waals surface area contributed by atoms with E-state index < -0.39 is 18.1 Å². The Morgan fingerprint density at radius 1 is 1.02 bits per heavy atom. The third-order valence-corrected chi connectivity index (χ3v) is 8.96. The largest absolute Gasteiger partial charge is 0.497 e. The fraction of sp³-hybridized carbons (Fsp3) is 0.343. The Balaban J connectivity index is 1.37. The number of anilines is 1. The van der Waals surface area contributed by atoms with Gasteiger partial charge in [-0.1, -0.05) is 75.6 Å². The summed E-state index contributed by atoms with van der Waals surface area (Å²) in [7, 11) is 1.61. The summed E-state index contributed by atoms with van der Waals surface area (Å²) < 4.78 is 5.38. The molecule has 8 nitrogen and oxygen atoms in total. The first-order chi connectivity index (χ1) is 21.0. The number of fused-ring (bicyclic) bond motifs is 4. The molecule has 1 fully saturated rings. The molecule has 4 aromatic rings. The second-order valence-electron chi connectivity index (χ2n) is 11.5. The number of rotatable bonds is 10. The normalized spacial score (nSPS) is 18.5. The second-order valence-corrected chi connectivity index (χ2v) is 11.5. The Kier molecular flexibility index (Phi) is 7.93. The van der Waals surface area contributed by atoms with Crippen molar-refractivity contribution in [3.63, 3.8) is 0 Å². The van der Waals surface area contributed by atoms with Gasteiger partial charge in [-0.2, -0.15) is 0 Å². The van der Waals surface area contributed by atoms with Crippen molar-refractivity contribution in [2.75, 3.05) is 18.6 Å². The Labute approximate surface area is 252 Å². The number of H-pyrrole nitrogens is 1. The van der Waals surface area contributed by atoms with Gasteiger partial charge in [-0.25, -0.2) is 9.69 Å². The van der Waals surface area contributed by atoms with Crippen molar-refractivity contribution >= 4 is 34.4 Å². The molecule has 6 rings (SSSR count). The number of nitrogens with zero attached hydrogens (tertiary/aromatic N) is 2. The van der Waals surface area contributed by atoms with E-state index in [1.165, 1.54) is 4.90 Å². The van der Waals surface area contributed by atoms with Crippen molar-refractivity contribution in [3.8, 4) is 5.75 Å². The topological polar surface area (TPSA) is 94.7 Å². The van der Waals surface area contributed by atoms with E-state index >= 15 is 0 Å². The van der Waals surface area contributed by atoms with Crippen LogP contribution in [0.3, 0.4) is 0 Å². The van der Waals surface area contributed by atoms with Gasteiger partial charge >= 0.3 is 6.03 Å². The molecule has 1 saturated heterocycles. The molecule has 3 aromatic carbocycles. The van der Waals surface area contributed by atoms with Crippen molar-refractivity contribution in [3.05, 3.63) is 95.2 Å². The summed E-state index contributed by atoms with van der Waals surface area (Å²) in [5.41, 5.74) is 4.39. The number of carbonyl (C=O) groups is 3. The quantitative estimate of drug-likeness (QED) is 0.207. The van der Waals surface area contributed by atoms with Gasteiger partial charge in [0.15, 0.2) is 0 Å². The molecular formula is C35H38N4O4. The monoisotopic (exact) mass is 578 g/mol. The van der Waals surface area contributed by atoms with Crippen LogP contribution in [-0.2, 0) is 11.2 Å². The highest BCUT2D eigenvalue weighted by atomic mass is 16.5. The van der Waals surface area contributed by atoms with Crippen LogP contribution in [0.4, 0.5) is 10.5 Å². The first-order valence-corrected chi connectivity index (χ1v) is 15.2. The standard InChI is InChI=1S/C35H38N4O4/c1-4-6-11-22(5-2)21-36-33(40)26-13-8-10-15-29(26)39-34(41)30-20-27-25-12-7-9-14-28(25)37-31(27)32(38(30)35(39)42)23-16-18-24(43-3)19-17-23/h7-10,12-19,22,30,32,37H,4-6,11,20-21H2,1-3H3,(H,36,40)/t22-,30+,32-/m1/s1. The van der Waals surface area contributed by atoms with E-state index in [0.29, 0.717) is 35.9 Å². The minimum Gasteiger partial charge on any atom is -0.497 e. The third-order valence-electron chi connectivity index (χ3n) is 8.96. The van der Waals surface area contributed by atoms with Crippen LogP contribution in [0.5, 0.6) is 5.75 Å². The zero-order valence-corrected chi connectivity index (χ0v) is 24.9. The van der Waals surface area contributed by atoms with Gasteiger partial charge < -0.3 is 15.0 Å². The van der Waals surface area contributed by atoms with Crippen LogP contribution in [0.15, 0.2) is 72.8 Å². The lowest BCUT2D eigenvalue weighted by atomic mass is 9.89. The summed E-state index contributed by atoms with van der Waals surface area (Å²) in [6.45, 7) is 4.86. The number of aromatic nitrogens is 1. The average molecular weight is 579 g/mol. The number of para-hydroxylation sites is 2. The van der Waals surface area contributed by atoms with Gasteiger partial charge in [0, 0.05) is 29.6 Å². The maximum Gasteiger partial charge on any atom is 0.332 e. The van der Waals surface area contributed by atoms with E-state index in [1.807, 2.05) is 48.5 Å². The van der Waals surface area contributed by atoms with Gasteiger partial charge in [0.1, 0.15) is 17.8 Å². The number of urea groups is 1. The maximum absolute atomic E-state index is 14.3. The Hall–Kier alpha value is -4.59. The van der Waals surface area contributed by atoms with Crippen molar-refractivity contribution in [1.82, 2.24) is 15.2 Å². The Bertz CT molecular complexity index is 1660. The molecule has 2 N–H and O–H groups in total. The lowest BCUT2D eigenvalue weighted by Gasteiger charge is -2.36. The predicted octanol–water partition coefficient (Wildman–Crippen LogP) is 6.61. The first kappa shape index (κ1) is 28.5. The zero-order chi connectivity index (χ0) is 30.1. The van der Waals surface area contributed by atoms with Crippen LogP contribution in [0.25, 0.3) is 10.9 Å². The van der Waals surface area contributed by atoms with E-state index in [2.05, 4.69) is 24.1 Å². The molecule has 1 aromatic heterocycles. The van der Waals surface area contributed by atoms with E-state index in [-0.39, 0.29) is 11.8 Å². The van der Waals surface area contributed by atoms with Crippen molar-refractivity contribution < 1.29 is 19.1 Å². The molecule has 0 spiro atoms. The smallest absolute Gasteiger partial charge is 0.332 e. The molecule has 4 amide bonds. The van der Waals surface area contributed by atoms with Crippen LogP contribution < -0.4 is 15.0 Å². The lowest BCUT2D eigenvalue weighted by Crippen LogP contribution is -2.44. The molecule has 43 heavy (non-hydrogen) atoms. The minimum absolute atomic E-state index is 0.279. The van der Waals surface area contributed by atoms with E-state index in [0.717, 1.165) is 53.4 Å². The molecule has 3 heterocycles. The highest BCUT2D eigenvalue weighted by molar-refractivity contribution is 6.24. The van der Waals surface area contributed by atoms with E-state index in [4.69, 9.17) is 4.74 Å². The fourth-order valence-corrected chi connectivity index (χ4v) is 6.57. The number of ether oxygens (including phenoxy) is 1. The lowest BCUT2D eigenvalue weighted by molar-refractivity contribution is -0.120. The molecule has 8 heteroatoms. The zero-order valence-electron chi connectivity index (χ0n) is 24.9. The summed E-state index contributed by atoms with van der Waals surface area (Å²) in [5.74, 6) is 0.487. The van der Waals surface area contributed by atoms with Crippen LogP contribution in [0, 0.1) is 5.92 Å². The number of hydrogen-bond acceptors (Lipinski definition) is 4. The molecular weight excluding hydrogens is 540 g/mol. The SMILES string of the molecule is CCCC[C@@H](CC)CNC(=O)c1ccccc1N1C(=O)[C@@H]2Cc3c([nH]c4ccccc34)[C@@H](c3ccc(OC)cc3)N2C1=O. The van der Waals surface area contributed by atoms with Gasteiger partial charge in [-0.3, -0.25) is 14.5 Å². The summed E-state index contributed by atoms with van der Waals surface area (Å²) in [6.07, 6.45) is 4.64. The van der Waals surface area contributed by atoms with Crippen molar-refractivity contribution in [1.29, 1.82) is 0 Å². The molecule has 0 radical (unpaired) electrons.